The van der Waals surface area contributed by atoms with Gasteiger partial charge in [-0.1, -0.05) is 24.3 Å². The summed E-state index contributed by atoms with van der Waals surface area (Å²) in [5.41, 5.74) is 3.85. The number of hydrogen-bond donors (Lipinski definition) is 1. The molecule has 1 aromatic heterocycles. The molecule has 2 aromatic carbocycles. The summed E-state index contributed by atoms with van der Waals surface area (Å²) in [7, 11) is 5.09. The number of nitrogens with zero attached hydrogens (tertiary/aromatic N) is 2. The number of hydrogen-bond acceptors (Lipinski definition) is 5. The molecule has 7 nitrogen and oxygen atoms in total. The first-order valence-electron chi connectivity index (χ1n) is 10.5. The maximum atomic E-state index is 12.8. The Hall–Kier alpha value is -3.03. The number of aryl methyl sites for hydroxylation is 1. The molecule has 1 aliphatic heterocycles. The number of rotatable bonds is 7. The van der Waals surface area contributed by atoms with Gasteiger partial charge >= 0.3 is 0 Å². The number of amides is 1. The van der Waals surface area contributed by atoms with Crippen LogP contribution in [0.1, 0.15) is 21.6 Å². The molecule has 1 saturated heterocycles. The average Bonchev–Trinajstić information content (AvgIpc) is 3.13. The molecule has 1 fully saturated rings. The van der Waals surface area contributed by atoms with E-state index < -0.39 is 0 Å². The fourth-order valence-corrected chi connectivity index (χ4v) is 3.93. The molecule has 0 radical (unpaired) electrons. The summed E-state index contributed by atoms with van der Waals surface area (Å²) in [4.78, 5) is 15.2. The summed E-state index contributed by atoms with van der Waals surface area (Å²) >= 11 is 0. The molecule has 4 rings (SSSR count). The summed E-state index contributed by atoms with van der Waals surface area (Å²) in [6.07, 6.45) is 0. The van der Waals surface area contributed by atoms with Crippen LogP contribution in [0, 0.1) is 0 Å². The van der Waals surface area contributed by atoms with Gasteiger partial charge in [-0.15, -0.1) is 0 Å². The molecule has 1 aliphatic rings. The lowest BCUT2D eigenvalue weighted by Crippen LogP contribution is -2.35. The van der Waals surface area contributed by atoms with Gasteiger partial charge in [-0.25, -0.2) is 0 Å². The van der Waals surface area contributed by atoms with Crippen molar-refractivity contribution in [3.63, 3.8) is 0 Å². The Bertz CT molecular complexity index is 1050. The largest absolute Gasteiger partial charge is 0.493 e. The molecule has 0 atom stereocenters. The predicted molar refractivity (Wildman–Crippen MR) is 120 cm³/mol. The third-order valence-corrected chi connectivity index (χ3v) is 5.77. The molecule has 1 amide bonds. The molecule has 7 heteroatoms. The lowest BCUT2D eigenvalue weighted by Gasteiger charge is -2.26. The van der Waals surface area contributed by atoms with Crippen molar-refractivity contribution < 1.29 is 19.0 Å². The van der Waals surface area contributed by atoms with E-state index in [0.29, 0.717) is 23.7 Å². The molecular weight excluding hydrogens is 394 g/mol. The summed E-state index contributed by atoms with van der Waals surface area (Å²) in [5, 5.41) is 3.95. The van der Waals surface area contributed by atoms with E-state index >= 15 is 0 Å². The van der Waals surface area contributed by atoms with Crippen molar-refractivity contribution in [1.82, 2.24) is 14.8 Å². The number of benzene rings is 2. The molecule has 31 heavy (non-hydrogen) atoms. The van der Waals surface area contributed by atoms with Crippen molar-refractivity contribution in [2.75, 3.05) is 40.5 Å². The van der Waals surface area contributed by atoms with Crippen molar-refractivity contribution in [1.29, 1.82) is 0 Å². The number of morpholine rings is 1. The highest BCUT2D eigenvalue weighted by atomic mass is 16.5. The van der Waals surface area contributed by atoms with Gasteiger partial charge in [0.05, 0.1) is 33.0 Å². The second-order valence-corrected chi connectivity index (χ2v) is 7.74. The second kappa shape index (κ2) is 9.41. The molecule has 0 aliphatic carbocycles. The molecule has 0 spiro atoms. The van der Waals surface area contributed by atoms with Crippen LogP contribution in [0.25, 0.3) is 10.9 Å². The summed E-state index contributed by atoms with van der Waals surface area (Å²) in [6.45, 7) is 4.96. The number of fused-ring (bicyclic) bond motifs is 1. The molecule has 0 unspecified atom stereocenters. The fraction of sp³-hybridized carbons (Fsp3) is 0.375. The SMILES string of the molecule is COc1cc2cc(C(=O)NCc3ccc(CN4CCOCC4)cc3)n(C)c2cc1OC. The van der Waals surface area contributed by atoms with Gasteiger partial charge in [0.1, 0.15) is 5.69 Å². The first kappa shape index (κ1) is 21.2. The Labute approximate surface area is 182 Å². The van der Waals surface area contributed by atoms with Crippen LogP contribution in [-0.2, 0) is 24.9 Å². The van der Waals surface area contributed by atoms with Crippen LogP contribution in [0.15, 0.2) is 42.5 Å². The third-order valence-electron chi connectivity index (χ3n) is 5.77. The van der Waals surface area contributed by atoms with Crippen molar-refractivity contribution in [2.45, 2.75) is 13.1 Å². The number of ether oxygens (including phenoxy) is 3. The first-order valence-corrected chi connectivity index (χ1v) is 10.5. The van der Waals surface area contributed by atoms with Gasteiger partial charge in [-0.3, -0.25) is 9.69 Å². The highest BCUT2D eigenvalue weighted by molar-refractivity contribution is 5.99. The normalized spacial score (nSPS) is 14.5. The number of methoxy groups -OCH3 is 2. The molecule has 0 saturated carbocycles. The summed E-state index contributed by atoms with van der Waals surface area (Å²) in [6, 6.07) is 14.1. The van der Waals surface area contributed by atoms with E-state index in [1.165, 1.54) is 5.56 Å². The number of carbonyl (C=O) groups excluding carboxylic acids is 1. The van der Waals surface area contributed by atoms with Crippen LogP contribution in [0.4, 0.5) is 0 Å². The van der Waals surface area contributed by atoms with Crippen LogP contribution >= 0.6 is 0 Å². The Morgan fingerprint density at radius 2 is 1.65 bits per heavy atom. The lowest BCUT2D eigenvalue weighted by molar-refractivity contribution is 0.0342. The minimum atomic E-state index is -0.117. The monoisotopic (exact) mass is 423 g/mol. The standard InChI is InChI=1S/C24H29N3O4/c1-26-20-14-23(30-3)22(29-2)13-19(20)12-21(26)24(28)25-15-17-4-6-18(7-5-17)16-27-8-10-31-11-9-27/h4-7,12-14H,8-11,15-16H2,1-3H3,(H,25,28). The van der Waals surface area contributed by atoms with Crippen LogP contribution in [0.3, 0.4) is 0 Å². The Kier molecular flexibility index (Phi) is 6.44. The van der Waals surface area contributed by atoms with Crippen molar-refractivity contribution >= 4 is 16.8 Å². The Morgan fingerprint density at radius 1 is 1.00 bits per heavy atom. The number of aromatic nitrogens is 1. The van der Waals surface area contributed by atoms with E-state index in [0.717, 1.165) is 49.3 Å². The maximum Gasteiger partial charge on any atom is 0.268 e. The second-order valence-electron chi connectivity index (χ2n) is 7.74. The van der Waals surface area contributed by atoms with E-state index in [4.69, 9.17) is 14.2 Å². The fourth-order valence-electron chi connectivity index (χ4n) is 3.93. The van der Waals surface area contributed by atoms with Gasteiger partial charge in [-0.2, -0.15) is 0 Å². The zero-order valence-corrected chi connectivity index (χ0v) is 18.3. The van der Waals surface area contributed by atoms with Gasteiger partial charge < -0.3 is 24.1 Å². The number of carbonyl (C=O) groups is 1. The van der Waals surface area contributed by atoms with Crippen LogP contribution in [0.2, 0.25) is 0 Å². The smallest absolute Gasteiger partial charge is 0.268 e. The van der Waals surface area contributed by atoms with Crippen LogP contribution in [0.5, 0.6) is 11.5 Å². The van der Waals surface area contributed by atoms with Crippen molar-refractivity contribution in [3.8, 4) is 11.5 Å². The first-order chi connectivity index (χ1) is 15.1. The topological polar surface area (TPSA) is 65.0 Å². The zero-order chi connectivity index (χ0) is 21.8. The van der Waals surface area contributed by atoms with Gasteiger partial charge in [-0.05, 0) is 23.3 Å². The van der Waals surface area contributed by atoms with E-state index in [1.54, 1.807) is 14.2 Å². The van der Waals surface area contributed by atoms with Crippen LogP contribution in [-0.4, -0.2) is 55.9 Å². The Morgan fingerprint density at radius 3 is 2.32 bits per heavy atom. The lowest BCUT2D eigenvalue weighted by atomic mass is 10.1. The molecule has 0 bridgehead atoms. The van der Waals surface area contributed by atoms with Gasteiger partial charge in [0.2, 0.25) is 0 Å². The van der Waals surface area contributed by atoms with Gasteiger partial charge in [0.15, 0.2) is 11.5 Å². The highest BCUT2D eigenvalue weighted by Gasteiger charge is 2.16. The average molecular weight is 424 g/mol. The predicted octanol–water partition coefficient (Wildman–Crippen LogP) is 2.96. The molecule has 1 N–H and O–H groups in total. The number of nitrogens with one attached hydrogen (secondary N) is 1. The quantitative estimate of drug-likeness (QED) is 0.633. The molecule has 164 valence electrons. The molecule has 2 heterocycles. The van der Waals surface area contributed by atoms with E-state index in [2.05, 4.69) is 34.5 Å². The van der Waals surface area contributed by atoms with E-state index in [9.17, 15) is 4.79 Å². The zero-order valence-electron chi connectivity index (χ0n) is 18.3. The van der Waals surface area contributed by atoms with E-state index in [-0.39, 0.29) is 5.91 Å². The maximum absolute atomic E-state index is 12.8. The third kappa shape index (κ3) is 4.68. The van der Waals surface area contributed by atoms with E-state index in [1.807, 2.05) is 29.8 Å². The van der Waals surface area contributed by atoms with Crippen molar-refractivity contribution in [3.05, 3.63) is 59.3 Å². The van der Waals surface area contributed by atoms with Gasteiger partial charge in [0, 0.05) is 44.7 Å². The minimum absolute atomic E-state index is 0.117. The molecular formula is C24H29N3O4. The van der Waals surface area contributed by atoms with Gasteiger partial charge in [0.25, 0.3) is 5.91 Å². The minimum Gasteiger partial charge on any atom is -0.493 e. The Balaban J connectivity index is 1.41. The molecule has 3 aromatic rings. The highest BCUT2D eigenvalue weighted by Crippen LogP contribution is 2.33. The van der Waals surface area contributed by atoms with Crippen molar-refractivity contribution in [2.24, 2.45) is 7.05 Å². The summed E-state index contributed by atoms with van der Waals surface area (Å²) < 4.78 is 18.0. The summed E-state index contributed by atoms with van der Waals surface area (Å²) in [5.74, 6) is 1.17. The van der Waals surface area contributed by atoms with Crippen LogP contribution < -0.4 is 14.8 Å².